The number of benzene rings is 2. The third kappa shape index (κ3) is 4.24. The third-order valence-electron chi connectivity index (χ3n) is 6.23. The Hall–Kier alpha value is -2.73. The van der Waals surface area contributed by atoms with Gasteiger partial charge in [0.1, 0.15) is 5.82 Å². The van der Waals surface area contributed by atoms with E-state index in [-0.39, 0.29) is 11.7 Å². The molecule has 1 aliphatic heterocycles. The van der Waals surface area contributed by atoms with E-state index in [2.05, 4.69) is 23.7 Å². The predicted molar refractivity (Wildman–Crippen MR) is 117 cm³/mol. The van der Waals surface area contributed by atoms with Gasteiger partial charge in [0.05, 0.1) is 17.4 Å². The molecule has 4 rings (SSSR count). The Morgan fingerprint density at radius 1 is 1.17 bits per heavy atom. The molecule has 1 aliphatic rings. The van der Waals surface area contributed by atoms with Gasteiger partial charge in [0.15, 0.2) is 0 Å². The highest BCUT2D eigenvalue weighted by Crippen LogP contribution is 2.20. The summed E-state index contributed by atoms with van der Waals surface area (Å²) >= 11 is 0. The van der Waals surface area contributed by atoms with Crippen molar-refractivity contribution in [1.82, 2.24) is 19.4 Å². The molecule has 0 radical (unpaired) electrons. The number of imidazole rings is 1. The van der Waals surface area contributed by atoms with Gasteiger partial charge >= 0.3 is 0 Å². The molecule has 0 N–H and O–H groups in total. The van der Waals surface area contributed by atoms with Crippen LogP contribution in [0.5, 0.6) is 0 Å². The first-order chi connectivity index (χ1) is 14.4. The summed E-state index contributed by atoms with van der Waals surface area (Å²) in [6.07, 6.45) is 3.76. The Morgan fingerprint density at radius 2 is 1.87 bits per heavy atom. The van der Waals surface area contributed by atoms with E-state index in [1.165, 1.54) is 12.1 Å². The molecular formula is C24H29FN4O. The van der Waals surface area contributed by atoms with Crippen LogP contribution in [0.2, 0.25) is 0 Å². The quantitative estimate of drug-likeness (QED) is 0.636. The SMILES string of the molecule is CC(C)N1CCC(N(C)C(=O)c2ccc(Cn3cnc4cc(F)ccc43)cc2)CC1. The van der Waals surface area contributed by atoms with Crippen molar-refractivity contribution in [3.05, 3.63) is 65.7 Å². The fraction of sp³-hybridized carbons (Fsp3) is 0.417. The zero-order chi connectivity index (χ0) is 21.3. The molecule has 1 aromatic heterocycles. The van der Waals surface area contributed by atoms with Gasteiger partial charge in [0.25, 0.3) is 5.91 Å². The van der Waals surface area contributed by atoms with Crippen molar-refractivity contribution in [3.63, 3.8) is 0 Å². The van der Waals surface area contributed by atoms with Crippen molar-refractivity contribution in [2.24, 2.45) is 0 Å². The second-order valence-corrected chi connectivity index (χ2v) is 8.48. The number of carbonyl (C=O) groups is 1. The first-order valence-electron chi connectivity index (χ1n) is 10.6. The molecule has 0 spiro atoms. The zero-order valence-electron chi connectivity index (χ0n) is 17.9. The molecule has 2 heterocycles. The van der Waals surface area contributed by atoms with E-state index < -0.39 is 0 Å². The smallest absolute Gasteiger partial charge is 0.253 e. The minimum Gasteiger partial charge on any atom is -0.339 e. The van der Waals surface area contributed by atoms with E-state index in [1.54, 1.807) is 12.4 Å². The molecule has 30 heavy (non-hydrogen) atoms. The molecule has 0 atom stereocenters. The van der Waals surface area contributed by atoms with Crippen LogP contribution >= 0.6 is 0 Å². The van der Waals surface area contributed by atoms with Gasteiger partial charge in [0, 0.05) is 50.4 Å². The van der Waals surface area contributed by atoms with Crippen LogP contribution in [0.1, 0.15) is 42.6 Å². The maximum Gasteiger partial charge on any atom is 0.253 e. The van der Waals surface area contributed by atoms with Gasteiger partial charge in [-0.25, -0.2) is 9.37 Å². The van der Waals surface area contributed by atoms with Crippen molar-refractivity contribution in [3.8, 4) is 0 Å². The van der Waals surface area contributed by atoms with E-state index in [9.17, 15) is 9.18 Å². The molecule has 158 valence electrons. The molecule has 5 nitrogen and oxygen atoms in total. The zero-order valence-corrected chi connectivity index (χ0v) is 17.9. The summed E-state index contributed by atoms with van der Waals surface area (Å²) < 4.78 is 15.3. The van der Waals surface area contributed by atoms with E-state index in [1.807, 2.05) is 40.8 Å². The number of hydrogen-bond donors (Lipinski definition) is 0. The Kier molecular flexibility index (Phi) is 5.86. The number of hydrogen-bond acceptors (Lipinski definition) is 3. The van der Waals surface area contributed by atoms with Crippen LogP contribution < -0.4 is 0 Å². The monoisotopic (exact) mass is 408 g/mol. The fourth-order valence-corrected chi connectivity index (χ4v) is 4.27. The standard InChI is InChI=1S/C24H29FN4O/c1-17(2)28-12-10-21(11-13-28)27(3)24(30)19-6-4-18(5-7-19)15-29-16-26-22-14-20(25)8-9-23(22)29/h4-9,14,16-17,21H,10-13,15H2,1-3H3. The number of fused-ring (bicyclic) bond motifs is 1. The second-order valence-electron chi connectivity index (χ2n) is 8.48. The fourth-order valence-electron chi connectivity index (χ4n) is 4.27. The topological polar surface area (TPSA) is 41.4 Å². The summed E-state index contributed by atoms with van der Waals surface area (Å²) in [6.45, 7) is 7.16. The summed E-state index contributed by atoms with van der Waals surface area (Å²) in [4.78, 5) is 21.6. The minimum atomic E-state index is -0.283. The number of nitrogens with zero attached hydrogens (tertiary/aromatic N) is 4. The molecule has 0 unspecified atom stereocenters. The average molecular weight is 409 g/mol. The predicted octanol–water partition coefficient (Wildman–Crippen LogP) is 4.17. The highest BCUT2D eigenvalue weighted by atomic mass is 19.1. The second kappa shape index (κ2) is 8.56. The largest absolute Gasteiger partial charge is 0.339 e. The Bertz CT molecular complexity index is 1020. The first-order valence-corrected chi connectivity index (χ1v) is 10.6. The number of halogens is 1. The van der Waals surface area contributed by atoms with E-state index in [0.717, 1.165) is 37.0 Å². The third-order valence-corrected chi connectivity index (χ3v) is 6.23. The highest BCUT2D eigenvalue weighted by molar-refractivity contribution is 5.94. The minimum absolute atomic E-state index is 0.0769. The molecule has 0 aliphatic carbocycles. The molecule has 1 amide bonds. The summed E-state index contributed by atoms with van der Waals surface area (Å²) in [5, 5.41) is 0. The Balaban J connectivity index is 1.41. The molecule has 0 bridgehead atoms. The lowest BCUT2D eigenvalue weighted by Gasteiger charge is -2.38. The van der Waals surface area contributed by atoms with Crippen molar-refractivity contribution in [1.29, 1.82) is 0 Å². The maximum absolute atomic E-state index is 13.4. The summed E-state index contributed by atoms with van der Waals surface area (Å²) in [5.74, 6) is -0.206. The van der Waals surface area contributed by atoms with Crippen molar-refractivity contribution in [2.45, 2.75) is 45.3 Å². The van der Waals surface area contributed by atoms with Gasteiger partial charge < -0.3 is 14.4 Å². The number of piperidine rings is 1. The molecule has 2 aromatic carbocycles. The van der Waals surface area contributed by atoms with Crippen LogP contribution in [0.15, 0.2) is 48.8 Å². The molecular weight excluding hydrogens is 379 g/mol. The summed E-state index contributed by atoms with van der Waals surface area (Å²) in [6, 6.07) is 13.3. The van der Waals surface area contributed by atoms with Gasteiger partial charge in [-0.3, -0.25) is 4.79 Å². The lowest BCUT2D eigenvalue weighted by molar-refractivity contribution is 0.0615. The van der Waals surface area contributed by atoms with Crippen molar-refractivity contribution in [2.75, 3.05) is 20.1 Å². The van der Waals surface area contributed by atoms with Crippen LogP contribution in [-0.2, 0) is 6.54 Å². The lowest BCUT2D eigenvalue weighted by atomic mass is 10.0. The average Bonchev–Trinajstić information content (AvgIpc) is 3.15. The van der Waals surface area contributed by atoms with Crippen molar-refractivity contribution < 1.29 is 9.18 Å². The highest BCUT2D eigenvalue weighted by Gasteiger charge is 2.26. The van der Waals surface area contributed by atoms with Crippen LogP contribution in [0, 0.1) is 5.82 Å². The number of aromatic nitrogens is 2. The van der Waals surface area contributed by atoms with Crippen molar-refractivity contribution >= 4 is 16.9 Å². The molecule has 1 saturated heterocycles. The number of carbonyl (C=O) groups excluding carboxylic acids is 1. The van der Waals surface area contributed by atoms with Gasteiger partial charge in [-0.2, -0.15) is 0 Å². The van der Waals surface area contributed by atoms with Crippen LogP contribution in [0.3, 0.4) is 0 Å². The number of amides is 1. The number of rotatable bonds is 5. The van der Waals surface area contributed by atoms with Crippen LogP contribution in [0.4, 0.5) is 4.39 Å². The number of likely N-dealkylation sites (tertiary alicyclic amines) is 1. The summed E-state index contributed by atoms with van der Waals surface area (Å²) in [7, 11) is 1.92. The van der Waals surface area contributed by atoms with Crippen LogP contribution in [0.25, 0.3) is 11.0 Å². The molecule has 6 heteroatoms. The lowest BCUT2D eigenvalue weighted by Crippen LogP contribution is -2.47. The normalized spacial score (nSPS) is 15.8. The van der Waals surface area contributed by atoms with Crippen LogP contribution in [-0.4, -0.2) is 57.5 Å². The van der Waals surface area contributed by atoms with Gasteiger partial charge in [-0.1, -0.05) is 12.1 Å². The van der Waals surface area contributed by atoms with Gasteiger partial charge in [-0.05, 0) is 56.5 Å². The van der Waals surface area contributed by atoms with E-state index in [0.29, 0.717) is 29.7 Å². The van der Waals surface area contributed by atoms with E-state index in [4.69, 9.17) is 0 Å². The van der Waals surface area contributed by atoms with Gasteiger partial charge in [0.2, 0.25) is 0 Å². The summed E-state index contributed by atoms with van der Waals surface area (Å²) in [5.41, 5.74) is 3.32. The molecule has 0 saturated carbocycles. The maximum atomic E-state index is 13.4. The first kappa shape index (κ1) is 20.5. The van der Waals surface area contributed by atoms with E-state index >= 15 is 0 Å². The van der Waals surface area contributed by atoms with Gasteiger partial charge in [-0.15, -0.1) is 0 Å². The molecule has 1 fully saturated rings. The molecule has 3 aromatic rings. The Morgan fingerprint density at radius 3 is 2.53 bits per heavy atom. The Labute approximate surface area is 177 Å².